The van der Waals surface area contributed by atoms with Gasteiger partial charge in [-0.15, -0.1) is 11.3 Å². The second-order valence-electron chi connectivity index (χ2n) is 5.55. The van der Waals surface area contributed by atoms with E-state index in [9.17, 15) is 4.79 Å². The van der Waals surface area contributed by atoms with Gasteiger partial charge in [0.1, 0.15) is 5.75 Å². The van der Waals surface area contributed by atoms with Gasteiger partial charge in [-0.2, -0.15) is 0 Å². The van der Waals surface area contributed by atoms with Crippen LogP contribution in [-0.2, 0) is 6.42 Å². The van der Waals surface area contributed by atoms with Gasteiger partial charge in [-0.3, -0.25) is 4.79 Å². The average Bonchev–Trinajstić information content (AvgIpc) is 3.24. The highest BCUT2D eigenvalue weighted by Gasteiger charge is 2.26. The Bertz CT molecular complexity index is 893. The standard InChI is InChI=1S/C18H16N4O2S/c1-24-13-5-3-12(4-6-13)21-17(23)16-11-14-15(25-16)7-10-22(14)18-19-8-2-9-20-18/h2-6,8-9,11H,7,10H2,1H3,(H,21,23). The number of rotatable bonds is 4. The fraction of sp³-hybridized carbons (Fsp3) is 0.167. The van der Waals surface area contributed by atoms with Crippen molar-refractivity contribution in [2.24, 2.45) is 0 Å². The van der Waals surface area contributed by atoms with Gasteiger partial charge in [0, 0.05) is 35.9 Å². The molecular formula is C18H16N4O2S. The smallest absolute Gasteiger partial charge is 0.265 e. The quantitative estimate of drug-likeness (QED) is 0.778. The Balaban J connectivity index is 1.53. The predicted octanol–water partition coefficient (Wildman–Crippen LogP) is 3.49. The van der Waals surface area contributed by atoms with Crippen molar-refractivity contribution in [2.45, 2.75) is 6.42 Å². The van der Waals surface area contributed by atoms with Gasteiger partial charge in [0.15, 0.2) is 0 Å². The van der Waals surface area contributed by atoms with Crippen LogP contribution >= 0.6 is 11.3 Å². The van der Waals surface area contributed by atoms with Crippen molar-refractivity contribution < 1.29 is 9.53 Å². The summed E-state index contributed by atoms with van der Waals surface area (Å²) in [6, 6.07) is 11.0. The molecule has 0 saturated heterocycles. The highest BCUT2D eigenvalue weighted by Crippen LogP contribution is 2.39. The molecule has 1 amide bonds. The largest absolute Gasteiger partial charge is 0.497 e. The summed E-state index contributed by atoms with van der Waals surface area (Å²) in [4.78, 5) is 25.1. The average molecular weight is 352 g/mol. The highest BCUT2D eigenvalue weighted by atomic mass is 32.1. The fourth-order valence-electron chi connectivity index (χ4n) is 2.78. The van der Waals surface area contributed by atoms with E-state index in [-0.39, 0.29) is 5.91 Å². The molecular weight excluding hydrogens is 336 g/mol. The zero-order valence-electron chi connectivity index (χ0n) is 13.6. The van der Waals surface area contributed by atoms with Gasteiger partial charge in [-0.25, -0.2) is 9.97 Å². The molecule has 0 spiro atoms. The molecule has 1 N–H and O–H groups in total. The SMILES string of the molecule is COc1ccc(NC(=O)c2cc3c(s2)CCN3c2ncccn2)cc1. The zero-order valence-corrected chi connectivity index (χ0v) is 14.4. The number of thiophene rings is 1. The molecule has 2 aromatic heterocycles. The molecule has 25 heavy (non-hydrogen) atoms. The topological polar surface area (TPSA) is 67.3 Å². The molecule has 0 radical (unpaired) electrons. The second-order valence-corrected chi connectivity index (χ2v) is 6.69. The third-order valence-corrected chi connectivity index (χ3v) is 5.19. The number of amides is 1. The van der Waals surface area contributed by atoms with Crippen molar-refractivity contribution in [1.29, 1.82) is 0 Å². The van der Waals surface area contributed by atoms with E-state index in [4.69, 9.17) is 4.74 Å². The Morgan fingerprint density at radius 1 is 1.24 bits per heavy atom. The lowest BCUT2D eigenvalue weighted by Crippen LogP contribution is -2.16. The van der Waals surface area contributed by atoms with Gasteiger partial charge >= 0.3 is 0 Å². The predicted molar refractivity (Wildman–Crippen MR) is 98.0 cm³/mol. The van der Waals surface area contributed by atoms with Gasteiger partial charge < -0.3 is 15.0 Å². The first-order chi connectivity index (χ1) is 12.2. The van der Waals surface area contributed by atoms with Crippen LogP contribution in [0.25, 0.3) is 0 Å². The van der Waals surface area contributed by atoms with Crippen LogP contribution in [0.3, 0.4) is 0 Å². The Kier molecular flexibility index (Phi) is 4.07. The normalized spacial score (nSPS) is 12.8. The first-order valence-electron chi connectivity index (χ1n) is 7.87. The maximum Gasteiger partial charge on any atom is 0.265 e. The van der Waals surface area contributed by atoms with Crippen LogP contribution in [0.5, 0.6) is 5.75 Å². The molecule has 1 aromatic carbocycles. The number of nitrogens with one attached hydrogen (secondary N) is 1. The number of aromatic nitrogens is 2. The van der Waals surface area contributed by atoms with Crippen molar-refractivity contribution in [3.05, 3.63) is 58.5 Å². The summed E-state index contributed by atoms with van der Waals surface area (Å²) in [5, 5.41) is 2.92. The molecule has 6 nitrogen and oxygen atoms in total. The van der Waals surface area contributed by atoms with Crippen molar-refractivity contribution in [3.63, 3.8) is 0 Å². The van der Waals surface area contributed by atoms with E-state index in [2.05, 4.69) is 20.2 Å². The maximum atomic E-state index is 12.5. The van der Waals surface area contributed by atoms with Gasteiger partial charge in [0.05, 0.1) is 17.7 Å². The van der Waals surface area contributed by atoms with Crippen LogP contribution in [0.4, 0.5) is 17.3 Å². The van der Waals surface area contributed by atoms with Crippen LogP contribution in [0.2, 0.25) is 0 Å². The fourth-order valence-corrected chi connectivity index (χ4v) is 3.82. The summed E-state index contributed by atoms with van der Waals surface area (Å²) in [5.41, 5.74) is 1.76. The third-order valence-electron chi connectivity index (χ3n) is 4.01. The molecule has 0 aliphatic carbocycles. The Hall–Kier alpha value is -2.93. The minimum Gasteiger partial charge on any atom is -0.497 e. The van der Waals surface area contributed by atoms with E-state index in [0.29, 0.717) is 10.8 Å². The first-order valence-corrected chi connectivity index (χ1v) is 8.69. The van der Waals surface area contributed by atoms with Crippen LogP contribution in [0, 0.1) is 0 Å². The Labute approximate surface area is 149 Å². The van der Waals surface area contributed by atoms with E-state index in [0.717, 1.165) is 30.1 Å². The minimum atomic E-state index is -0.113. The minimum absolute atomic E-state index is 0.113. The summed E-state index contributed by atoms with van der Waals surface area (Å²) in [6.07, 6.45) is 4.35. The lowest BCUT2D eigenvalue weighted by atomic mass is 10.3. The lowest BCUT2D eigenvalue weighted by Gasteiger charge is -2.15. The van der Waals surface area contributed by atoms with Gasteiger partial charge in [-0.1, -0.05) is 0 Å². The molecule has 7 heteroatoms. The van der Waals surface area contributed by atoms with E-state index in [1.165, 1.54) is 16.2 Å². The molecule has 3 aromatic rings. The molecule has 4 rings (SSSR count). The molecule has 0 fully saturated rings. The van der Waals surface area contributed by atoms with Crippen molar-refractivity contribution >= 4 is 34.6 Å². The number of carbonyl (C=O) groups excluding carboxylic acids is 1. The molecule has 0 bridgehead atoms. The van der Waals surface area contributed by atoms with Crippen LogP contribution in [0.1, 0.15) is 14.5 Å². The van der Waals surface area contributed by atoms with Crippen molar-refractivity contribution in [2.75, 3.05) is 23.9 Å². The summed E-state index contributed by atoms with van der Waals surface area (Å²) >= 11 is 1.52. The number of nitrogens with zero attached hydrogens (tertiary/aromatic N) is 3. The number of hydrogen-bond acceptors (Lipinski definition) is 6. The van der Waals surface area contributed by atoms with Crippen LogP contribution < -0.4 is 15.0 Å². The molecule has 0 saturated carbocycles. The van der Waals surface area contributed by atoms with Gasteiger partial charge in [-0.05, 0) is 36.4 Å². The number of anilines is 3. The van der Waals surface area contributed by atoms with Crippen LogP contribution in [0.15, 0.2) is 48.8 Å². The first kappa shape index (κ1) is 15.6. The Morgan fingerprint density at radius 3 is 2.72 bits per heavy atom. The summed E-state index contributed by atoms with van der Waals surface area (Å²) in [6.45, 7) is 0.839. The molecule has 1 aliphatic heterocycles. The molecule has 0 unspecified atom stereocenters. The number of ether oxygens (including phenoxy) is 1. The second kappa shape index (κ2) is 6.52. The molecule has 3 heterocycles. The van der Waals surface area contributed by atoms with E-state index in [1.54, 1.807) is 25.6 Å². The number of hydrogen-bond donors (Lipinski definition) is 1. The van der Waals surface area contributed by atoms with Crippen LogP contribution in [-0.4, -0.2) is 29.5 Å². The van der Waals surface area contributed by atoms with E-state index >= 15 is 0 Å². The van der Waals surface area contributed by atoms with E-state index < -0.39 is 0 Å². The van der Waals surface area contributed by atoms with Gasteiger partial charge in [0.25, 0.3) is 5.91 Å². The van der Waals surface area contributed by atoms with E-state index in [1.807, 2.05) is 30.3 Å². The molecule has 0 atom stereocenters. The maximum absolute atomic E-state index is 12.5. The van der Waals surface area contributed by atoms with Gasteiger partial charge in [0.2, 0.25) is 5.95 Å². The zero-order chi connectivity index (χ0) is 17.2. The molecule has 126 valence electrons. The van der Waals surface area contributed by atoms with Crippen molar-refractivity contribution in [3.8, 4) is 5.75 Å². The highest BCUT2D eigenvalue weighted by molar-refractivity contribution is 7.14. The number of methoxy groups -OCH3 is 1. The number of fused-ring (bicyclic) bond motifs is 1. The monoisotopic (exact) mass is 352 g/mol. The summed E-state index contributed by atoms with van der Waals surface area (Å²) in [7, 11) is 1.61. The van der Waals surface area contributed by atoms with Crippen molar-refractivity contribution in [1.82, 2.24) is 9.97 Å². The Morgan fingerprint density at radius 2 is 2.00 bits per heavy atom. The lowest BCUT2D eigenvalue weighted by molar-refractivity contribution is 0.103. The molecule has 1 aliphatic rings. The number of carbonyl (C=O) groups is 1. The summed E-state index contributed by atoms with van der Waals surface area (Å²) in [5.74, 6) is 1.31. The third kappa shape index (κ3) is 3.06. The number of benzene rings is 1. The summed E-state index contributed by atoms with van der Waals surface area (Å²) < 4.78 is 5.13.